The van der Waals surface area contributed by atoms with Crippen molar-refractivity contribution in [2.75, 3.05) is 0 Å². The summed E-state index contributed by atoms with van der Waals surface area (Å²) in [5.74, 6) is 0.924. The first-order chi connectivity index (χ1) is 7.68. The number of benzene rings is 1. The molecule has 0 spiro atoms. The summed E-state index contributed by atoms with van der Waals surface area (Å²) in [6, 6.07) is 7.91. The summed E-state index contributed by atoms with van der Waals surface area (Å²) < 4.78 is 1.96. The fourth-order valence-corrected chi connectivity index (χ4v) is 1.84. The van der Waals surface area contributed by atoms with E-state index >= 15 is 0 Å². The molecule has 0 bridgehead atoms. The van der Waals surface area contributed by atoms with Crippen molar-refractivity contribution in [1.82, 2.24) is 9.55 Å². The van der Waals surface area contributed by atoms with Gasteiger partial charge in [0.2, 0.25) is 0 Å². The van der Waals surface area contributed by atoms with Crippen LogP contribution in [0.3, 0.4) is 0 Å². The Morgan fingerprint density at radius 1 is 1.31 bits per heavy atom. The number of aliphatic hydroxyl groups is 1. The van der Waals surface area contributed by atoms with Crippen molar-refractivity contribution >= 4 is 0 Å². The van der Waals surface area contributed by atoms with Crippen molar-refractivity contribution in [3.05, 3.63) is 53.6 Å². The Hall–Kier alpha value is -1.61. The van der Waals surface area contributed by atoms with Gasteiger partial charge in [-0.2, -0.15) is 0 Å². The van der Waals surface area contributed by atoms with Crippen molar-refractivity contribution in [3.8, 4) is 0 Å². The van der Waals surface area contributed by atoms with Gasteiger partial charge >= 0.3 is 0 Å². The van der Waals surface area contributed by atoms with Crippen molar-refractivity contribution in [3.63, 3.8) is 0 Å². The number of rotatable bonds is 3. The molecule has 1 N–H and O–H groups in total. The van der Waals surface area contributed by atoms with Crippen LogP contribution in [0.2, 0.25) is 0 Å². The van der Waals surface area contributed by atoms with Crippen LogP contribution in [0.4, 0.5) is 0 Å². The molecule has 16 heavy (non-hydrogen) atoms. The van der Waals surface area contributed by atoms with Gasteiger partial charge in [0.05, 0.1) is 12.6 Å². The van der Waals surface area contributed by atoms with Gasteiger partial charge in [0.1, 0.15) is 5.82 Å². The molecule has 1 aromatic heterocycles. The number of nitrogens with zero attached hydrogens (tertiary/aromatic N) is 2. The number of imidazole rings is 1. The Kier molecular flexibility index (Phi) is 3.06. The van der Waals surface area contributed by atoms with E-state index < -0.39 is 6.10 Å². The Morgan fingerprint density at radius 3 is 2.69 bits per heavy atom. The number of aliphatic hydroxyl groups excluding tert-OH is 1. The molecule has 84 valence electrons. The fourth-order valence-electron chi connectivity index (χ4n) is 1.84. The van der Waals surface area contributed by atoms with E-state index in [-0.39, 0.29) is 0 Å². The molecular formula is C13H16N2O. The average molecular weight is 216 g/mol. The standard InChI is InChI=1S/C13H16N2O/c1-10-5-3-4-6-12(10)13(16)9-15-8-7-14-11(15)2/h3-8,13,16H,9H2,1-2H3. The van der Waals surface area contributed by atoms with Crippen molar-refractivity contribution in [2.45, 2.75) is 26.5 Å². The van der Waals surface area contributed by atoms with Crippen LogP contribution >= 0.6 is 0 Å². The van der Waals surface area contributed by atoms with Crippen molar-refractivity contribution in [2.24, 2.45) is 0 Å². The minimum Gasteiger partial charge on any atom is -0.387 e. The van der Waals surface area contributed by atoms with Crippen LogP contribution in [-0.4, -0.2) is 14.7 Å². The molecule has 0 fully saturated rings. The molecular weight excluding hydrogens is 200 g/mol. The Bertz CT molecular complexity index is 476. The molecule has 2 rings (SSSR count). The van der Waals surface area contributed by atoms with Gasteiger partial charge in [-0.05, 0) is 25.0 Å². The zero-order valence-electron chi connectivity index (χ0n) is 9.59. The maximum Gasteiger partial charge on any atom is 0.105 e. The minimum absolute atomic E-state index is 0.478. The second kappa shape index (κ2) is 4.49. The van der Waals surface area contributed by atoms with Gasteiger partial charge in [-0.15, -0.1) is 0 Å². The van der Waals surface area contributed by atoms with E-state index in [1.54, 1.807) is 6.20 Å². The number of aryl methyl sites for hydroxylation is 2. The molecule has 1 aromatic carbocycles. The molecule has 0 aliphatic rings. The lowest BCUT2D eigenvalue weighted by molar-refractivity contribution is 0.155. The van der Waals surface area contributed by atoms with Crippen LogP contribution in [0.25, 0.3) is 0 Å². The van der Waals surface area contributed by atoms with Crippen LogP contribution in [-0.2, 0) is 6.54 Å². The SMILES string of the molecule is Cc1ccccc1C(O)Cn1ccnc1C. The highest BCUT2D eigenvalue weighted by Crippen LogP contribution is 2.19. The third-order valence-electron chi connectivity index (χ3n) is 2.84. The number of hydrogen-bond acceptors (Lipinski definition) is 2. The Morgan fingerprint density at radius 2 is 2.06 bits per heavy atom. The first-order valence-electron chi connectivity index (χ1n) is 5.40. The highest BCUT2D eigenvalue weighted by molar-refractivity contribution is 5.27. The third kappa shape index (κ3) is 2.14. The summed E-state index contributed by atoms with van der Waals surface area (Å²) in [5, 5.41) is 10.1. The predicted molar refractivity (Wildman–Crippen MR) is 63.1 cm³/mol. The first kappa shape index (κ1) is 10.9. The second-order valence-corrected chi connectivity index (χ2v) is 4.00. The summed E-state index contributed by atoms with van der Waals surface area (Å²) >= 11 is 0. The Labute approximate surface area is 95.4 Å². The topological polar surface area (TPSA) is 38.0 Å². The molecule has 3 nitrogen and oxygen atoms in total. The van der Waals surface area contributed by atoms with E-state index in [9.17, 15) is 5.11 Å². The monoisotopic (exact) mass is 216 g/mol. The normalized spacial score (nSPS) is 12.7. The smallest absolute Gasteiger partial charge is 0.105 e. The highest BCUT2D eigenvalue weighted by Gasteiger charge is 2.11. The Balaban J connectivity index is 2.18. The summed E-state index contributed by atoms with van der Waals surface area (Å²) in [7, 11) is 0. The summed E-state index contributed by atoms with van der Waals surface area (Å²) in [6.45, 7) is 4.50. The minimum atomic E-state index is -0.478. The van der Waals surface area contributed by atoms with Gasteiger partial charge in [0, 0.05) is 12.4 Å². The van der Waals surface area contributed by atoms with Crippen molar-refractivity contribution in [1.29, 1.82) is 0 Å². The molecule has 1 unspecified atom stereocenters. The van der Waals surface area contributed by atoms with Crippen LogP contribution in [0, 0.1) is 13.8 Å². The molecule has 0 radical (unpaired) electrons. The molecule has 0 saturated carbocycles. The van der Waals surface area contributed by atoms with Gasteiger partial charge in [-0.3, -0.25) is 0 Å². The molecule has 0 aliphatic carbocycles. The van der Waals surface area contributed by atoms with Gasteiger partial charge in [-0.1, -0.05) is 24.3 Å². The zero-order valence-corrected chi connectivity index (χ0v) is 9.59. The van der Waals surface area contributed by atoms with E-state index in [1.165, 1.54) is 0 Å². The largest absolute Gasteiger partial charge is 0.387 e. The maximum absolute atomic E-state index is 10.1. The van der Waals surface area contributed by atoms with Gasteiger partial charge in [0.25, 0.3) is 0 Å². The molecule has 0 aliphatic heterocycles. The van der Waals surface area contributed by atoms with E-state index in [2.05, 4.69) is 4.98 Å². The van der Waals surface area contributed by atoms with Crippen molar-refractivity contribution < 1.29 is 5.11 Å². The molecule has 3 heteroatoms. The molecule has 0 amide bonds. The van der Waals surface area contributed by atoms with Crippen LogP contribution < -0.4 is 0 Å². The second-order valence-electron chi connectivity index (χ2n) is 4.00. The van der Waals surface area contributed by atoms with Gasteiger partial charge < -0.3 is 9.67 Å². The lowest BCUT2D eigenvalue weighted by atomic mass is 10.0. The quantitative estimate of drug-likeness (QED) is 0.854. The molecule has 1 atom stereocenters. The van der Waals surface area contributed by atoms with Gasteiger partial charge in [-0.25, -0.2) is 4.98 Å². The maximum atomic E-state index is 10.1. The van der Waals surface area contributed by atoms with E-state index in [1.807, 2.05) is 48.9 Å². The van der Waals surface area contributed by atoms with Crippen LogP contribution in [0.5, 0.6) is 0 Å². The number of aromatic nitrogens is 2. The number of hydrogen-bond donors (Lipinski definition) is 1. The van der Waals surface area contributed by atoms with Crippen LogP contribution in [0.15, 0.2) is 36.7 Å². The fraction of sp³-hybridized carbons (Fsp3) is 0.308. The molecule has 1 heterocycles. The highest BCUT2D eigenvalue weighted by atomic mass is 16.3. The summed E-state index contributed by atoms with van der Waals surface area (Å²) in [6.07, 6.45) is 3.16. The average Bonchev–Trinajstić information content (AvgIpc) is 2.65. The van der Waals surface area contributed by atoms with Gasteiger partial charge in [0.15, 0.2) is 0 Å². The summed E-state index contributed by atoms with van der Waals surface area (Å²) in [4.78, 5) is 4.14. The lowest BCUT2D eigenvalue weighted by Crippen LogP contribution is -2.10. The van der Waals surface area contributed by atoms with Crippen LogP contribution in [0.1, 0.15) is 23.1 Å². The predicted octanol–water partition coefficient (Wildman–Crippen LogP) is 2.23. The lowest BCUT2D eigenvalue weighted by Gasteiger charge is -2.15. The van der Waals surface area contributed by atoms with E-state index in [0.717, 1.165) is 17.0 Å². The molecule has 0 saturated heterocycles. The van der Waals surface area contributed by atoms with E-state index in [0.29, 0.717) is 6.54 Å². The zero-order chi connectivity index (χ0) is 11.5. The molecule has 2 aromatic rings. The summed E-state index contributed by atoms with van der Waals surface area (Å²) in [5.41, 5.74) is 2.10. The third-order valence-corrected chi connectivity index (χ3v) is 2.84. The first-order valence-corrected chi connectivity index (χ1v) is 5.40. The van der Waals surface area contributed by atoms with E-state index in [4.69, 9.17) is 0 Å².